The smallest absolute Gasteiger partial charge is 0.131 e. The summed E-state index contributed by atoms with van der Waals surface area (Å²) in [6, 6.07) is 18.6. The minimum atomic E-state index is -0.546. The number of aromatic nitrogens is 5. The van der Waals surface area contributed by atoms with Crippen LogP contribution in [0.4, 0.5) is 0 Å². The van der Waals surface area contributed by atoms with Gasteiger partial charge in [0.25, 0.3) is 0 Å². The first-order valence-electron chi connectivity index (χ1n) is 11.9. The van der Waals surface area contributed by atoms with Crippen LogP contribution in [0, 0.1) is 11.8 Å². The molecule has 5 heterocycles. The molecule has 0 spiro atoms. The Labute approximate surface area is 198 Å². The molecule has 7 rings (SSSR count). The largest absolute Gasteiger partial charge is 0.382 e. The average molecular weight is 453 g/mol. The number of tetrazole rings is 1. The van der Waals surface area contributed by atoms with Crippen molar-refractivity contribution in [2.24, 2.45) is 11.8 Å². The number of hydrogen-bond donors (Lipinski definition) is 1. The molecule has 0 amide bonds. The molecule has 172 valence electrons. The van der Waals surface area contributed by atoms with E-state index in [0.29, 0.717) is 17.7 Å². The number of aliphatic hydroxyl groups is 1. The lowest BCUT2D eigenvalue weighted by molar-refractivity contribution is -0.984. The maximum atomic E-state index is 11.8. The Morgan fingerprint density at radius 2 is 2.00 bits per heavy atom. The highest BCUT2D eigenvalue weighted by molar-refractivity contribution is 5.82. The molecule has 0 saturated carbocycles. The van der Waals surface area contributed by atoms with Crippen LogP contribution in [0.2, 0.25) is 0 Å². The monoisotopic (exact) mass is 452 g/mol. The zero-order valence-electron chi connectivity index (χ0n) is 19.0. The molecule has 2 aromatic carbocycles. The molecular weight excluding hydrogens is 424 g/mol. The fourth-order valence-electron chi connectivity index (χ4n) is 6.35. The van der Waals surface area contributed by atoms with Crippen LogP contribution in [0.25, 0.3) is 22.3 Å². The predicted octanol–water partition coefficient (Wildman–Crippen LogP) is 3.69. The number of fused-ring (bicyclic) bond motifs is 4. The molecule has 3 saturated heterocycles. The number of hydrogen-bond acceptors (Lipinski definition) is 5. The number of quaternary nitrogens is 1. The molecule has 5 atom stereocenters. The first-order chi connectivity index (χ1) is 16.7. The molecule has 3 fully saturated rings. The van der Waals surface area contributed by atoms with Gasteiger partial charge in [-0.2, -0.15) is 5.21 Å². The molecule has 2 bridgehead atoms. The van der Waals surface area contributed by atoms with Gasteiger partial charge in [0.15, 0.2) is 0 Å². The van der Waals surface area contributed by atoms with Crippen molar-refractivity contribution in [2.75, 3.05) is 13.1 Å². The van der Waals surface area contributed by atoms with E-state index in [0.717, 1.165) is 52.6 Å². The van der Waals surface area contributed by atoms with Gasteiger partial charge in [-0.1, -0.05) is 48.5 Å². The lowest BCUT2D eigenvalue weighted by atomic mass is 9.71. The molecule has 0 radical (unpaired) electrons. The minimum absolute atomic E-state index is 0.132. The highest BCUT2D eigenvalue weighted by atomic mass is 16.3. The Hall–Kier alpha value is -3.42. The summed E-state index contributed by atoms with van der Waals surface area (Å²) in [4.78, 5) is 4.51. The summed E-state index contributed by atoms with van der Waals surface area (Å²) in [6.07, 6.45) is 5.59. The van der Waals surface area contributed by atoms with Crippen LogP contribution in [0.5, 0.6) is 0 Å². The van der Waals surface area contributed by atoms with Gasteiger partial charge in [0.1, 0.15) is 18.7 Å². The number of pyridine rings is 1. The van der Waals surface area contributed by atoms with Gasteiger partial charge in [-0.05, 0) is 29.2 Å². The van der Waals surface area contributed by atoms with E-state index in [4.69, 9.17) is 0 Å². The zero-order valence-corrected chi connectivity index (χ0v) is 19.0. The number of aliphatic hydroxyl groups excluding tert-OH is 1. The van der Waals surface area contributed by atoms with Crippen LogP contribution in [0.15, 0.2) is 73.4 Å². The second-order valence-electron chi connectivity index (χ2n) is 9.80. The molecule has 7 nitrogen and oxygen atoms in total. The first-order valence-corrected chi connectivity index (χ1v) is 11.9. The highest BCUT2D eigenvalue weighted by Crippen LogP contribution is 2.48. The minimum Gasteiger partial charge on any atom is -0.382 e. The Balaban J connectivity index is 1.35. The van der Waals surface area contributed by atoms with Gasteiger partial charge in [0, 0.05) is 41.7 Å². The van der Waals surface area contributed by atoms with Gasteiger partial charge in [0.2, 0.25) is 0 Å². The summed E-state index contributed by atoms with van der Waals surface area (Å²) in [7, 11) is 0. The van der Waals surface area contributed by atoms with Crippen LogP contribution >= 0.6 is 0 Å². The Morgan fingerprint density at radius 3 is 2.79 bits per heavy atom. The summed E-state index contributed by atoms with van der Waals surface area (Å²) < 4.78 is 0.875. The van der Waals surface area contributed by atoms with Crippen molar-refractivity contribution < 1.29 is 9.59 Å². The first kappa shape index (κ1) is 21.1. The van der Waals surface area contributed by atoms with E-state index in [1.165, 1.54) is 12.0 Å². The van der Waals surface area contributed by atoms with E-state index < -0.39 is 6.10 Å². The fourth-order valence-corrected chi connectivity index (χ4v) is 6.35. The lowest BCUT2D eigenvalue weighted by Gasteiger charge is -2.58. The van der Waals surface area contributed by atoms with Gasteiger partial charge >= 0.3 is 0 Å². The second-order valence-corrected chi connectivity index (χ2v) is 9.80. The number of para-hydroxylation sites is 1. The van der Waals surface area contributed by atoms with Crippen molar-refractivity contribution in [1.82, 2.24) is 25.6 Å². The molecule has 1 N–H and O–H groups in total. The summed E-state index contributed by atoms with van der Waals surface area (Å²) >= 11 is 0. The van der Waals surface area contributed by atoms with Crippen molar-refractivity contribution in [2.45, 2.75) is 31.5 Å². The van der Waals surface area contributed by atoms with Crippen molar-refractivity contribution >= 4 is 10.9 Å². The molecular formula is C27H28N6O. The SMILES string of the molecule is C=CC1C[N@@+]2(Cc3ccc(-c4nnn[n-]4)cc3)CC[C@H]1C[C@H]2[C@H](O)c1ccnc2ccccc12. The summed E-state index contributed by atoms with van der Waals surface area (Å²) in [5.41, 5.74) is 4.07. The third kappa shape index (κ3) is 3.52. The molecule has 3 aliphatic heterocycles. The van der Waals surface area contributed by atoms with Gasteiger partial charge in [-0.3, -0.25) is 15.3 Å². The summed E-state index contributed by atoms with van der Waals surface area (Å²) in [5, 5.41) is 28.0. The average Bonchev–Trinajstić information content (AvgIpc) is 3.43. The summed E-state index contributed by atoms with van der Waals surface area (Å²) in [6.45, 7) is 7.10. The Morgan fingerprint density at radius 1 is 1.15 bits per heavy atom. The van der Waals surface area contributed by atoms with Crippen LogP contribution in [-0.2, 0) is 6.54 Å². The Kier molecular flexibility index (Phi) is 5.23. The second kappa shape index (κ2) is 8.42. The number of nitrogens with zero attached hydrogens (tertiary/aromatic N) is 6. The quantitative estimate of drug-likeness (QED) is 0.355. The topological polar surface area (TPSA) is 85.9 Å². The number of rotatable bonds is 6. The fraction of sp³-hybridized carbons (Fsp3) is 0.333. The van der Waals surface area contributed by atoms with Crippen LogP contribution in [0.3, 0.4) is 0 Å². The third-order valence-corrected chi connectivity index (χ3v) is 8.07. The van der Waals surface area contributed by atoms with E-state index in [1.54, 1.807) is 0 Å². The lowest BCUT2D eigenvalue weighted by Crippen LogP contribution is -2.67. The number of benzene rings is 2. The van der Waals surface area contributed by atoms with Crippen molar-refractivity contribution in [3.05, 3.63) is 84.6 Å². The predicted molar refractivity (Wildman–Crippen MR) is 129 cm³/mol. The molecule has 3 aliphatic rings. The van der Waals surface area contributed by atoms with E-state index in [-0.39, 0.29) is 6.04 Å². The van der Waals surface area contributed by atoms with E-state index in [1.807, 2.05) is 42.6 Å². The third-order valence-electron chi connectivity index (χ3n) is 8.07. The van der Waals surface area contributed by atoms with Crippen molar-refractivity contribution in [3.8, 4) is 11.4 Å². The highest BCUT2D eigenvalue weighted by Gasteiger charge is 2.53. The van der Waals surface area contributed by atoms with Crippen LogP contribution in [0.1, 0.15) is 30.1 Å². The Bertz CT molecular complexity index is 1300. The van der Waals surface area contributed by atoms with E-state index in [2.05, 4.69) is 56.5 Å². The van der Waals surface area contributed by atoms with E-state index in [9.17, 15) is 5.11 Å². The normalized spacial score (nSPS) is 27.0. The van der Waals surface area contributed by atoms with Crippen LogP contribution < -0.4 is 5.10 Å². The van der Waals surface area contributed by atoms with Gasteiger partial charge < -0.3 is 14.7 Å². The summed E-state index contributed by atoms with van der Waals surface area (Å²) in [5.74, 6) is 1.62. The molecule has 2 aromatic heterocycles. The molecule has 34 heavy (non-hydrogen) atoms. The van der Waals surface area contributed by atoms with Crippen LogP contribution in [-0.4, -0.2) is 49.2 Å². The molecule has 4 aromatic rings. The number of piperidine rings is 3. The van der Waals surface area contributed by atoms with E-state index >= 15 is 0 Å². The molecule has 1 unspecified atom stereocenters. The van der Waals surface area contributed by atoms with Crippen molar-refractivity contribution in [3.63, 3.8) is 0 Å². The van der Waals surface area contributed by atoms with Gasteiger partial charge in [0.05, 0.1) is 18.6 Å². The molecule has 0 aliphatic carbocycles. The standard InChI is InChI=1S/C27H28N6O/c1-2-19-17-33(16-18-7-9-20(10-8-18)27-29-31-32-30-27)14-12-21(19)15-25(33)26(34)23-11-13-28-24-6-4-3-5-22(23)24/h2-11,13,19,21,25-26,34H,1,12,14-17H2/t19?,21-,25-,26+,33-/m0/s1. The van der Waals surface area contributed by atoms with Gasteiger partial charge in [-0.15, -0.1) is 6.58 Å². The maximum absolute atomic E-state index is 11.8. The maximum Gasteiger partial charge on any atom is 0.131 e. The van der Waals surface area contributed by atoms with Gasteiger partial charge in [-0.25, -0.2) is 0 Å². The van der Waals surface area contributed by atoms with Crippen molar-refractivity contribution in [1.29, 1.82) is 0 Å². The molecule has 7 heteroatoms. The zero-order chi connectivity index (χ0) is 23.1.